The highest BCUT2D eigenvalue weighted by molar-refractivity contribution is 6.30. The minimum atomic E-state index is -0.178. The summed E-state index contributed by atoms with van der Waals surface area (Å²) >= 11 is 6.23. The first-order chi connectivity index (χ1) is 18.6. The number of nitrogens with zero attached hydrogens (tertiary/aromatic N) is 4. The van der Waals surface area contributed by atoms with E-state index in [4.69, 9.17) is 21.1 Å². The highest BCUT2D eigenvalue weighted by atomic mass is 35.5. The Morgan fingerprint density at radius 3 is 2.82 bits per heavy atom. The lowest BCUT2D eigenvalue weighted by atomic mass is 10.1. The fourth-order valence-corrected chi connectivity index (χ4v) is 4.91. The van der Waals surface area contributed by atoms with Crippen molar-refractivity contribution in [3.63, 3.8) is 0 Å². The van der Waals surface area contributed by atoms with E-state index in [1.54, 1.807) is 19.2 Å². The van der Waals surface area contributed by atoms with Crippen molar-refractivity contribution in [1.82, 2.24) is 19.4 Å². The Balaban J connectivity index is 1.06. The smallest absolute Gasteiger partial charge is 0.229 e. The van der Waals surface area contributed by atoms with Crippen LogP contribution in [0.25, 0.3) is 5.65 Å². The van der Waals surface area contributed by atoms with E-state index in [1.807, 2.05) is 18.3 Å². The van der Waals surface area contributed by atoms with Gasteiger partial charge in [0.05, 0.1) is 18.8 Å². The van der Waals surface area contributed by atoms with Crippen LogP contribution < -0.4 is 15.4 Å². The molecule has 196 valence electrons. The average molecular weight is 533 g/mol. The first-order valence-corrected chi connectivity index (χ1v) is 13.2. The van der Waals surface area contributed by atoms with Gasteiger partial charge in [0.15, 0.2) is 0 Å². The zero-order chi connectivity index (χ0) is 26.1. The summed E-state index contributed by atoms with van der Waals surface area (Å²) in [6.07, 6.45) is 8.91. The first kappa shape index (κ1) is 24.6. The number of amides is 1. The number of aromatic nitrogens is 4. The van der Waals surface area contributed by atoms with E-state index in [0.717, 1.165) is 29.1 Å². The minimum Gasteiger partial charge on any atom is -0.491 e. The number of rotatable bonds is 11. The molecule has 2 unspecified atom stereocenters. The molecule has 0 aliphatic heterocycles. The molecular weight excluding hydrogens is 504 g/mol. The van der Waals surface area contributed by atoms with Gasteiger partial charge in [0, 0.05) is 36.5 Å². The summed E-state index contributed by atoms with van der Waals surface area (Å²) in [5.74, 6) is 2.27. The van der Waals surface area contributed by atoms with Crippen molar-refractivity contribution in [1.29, 1.82) is 0 Å². The lowest BCUT2D eigenvalue weighted by Crippen LogP contribution is -2.16. The van der Waals surface area contributed by atoms with Gasteiger partial charge in [-0.15, -0.1) is 0 Å². The molecule has 2 atom stereocenters. The predicted molar refractivity (Wildman–Crippen MR) is 145 cm³/mol. The van der Waals surface area contributed by atoms with Gasteiger partial charge in [0.1, 0.15) is 36.0 Å². The van der Waals surface area contributed by atoms with E-state index in [-0.39, 0.29) is 17.7 Å². The van der Waals surface area contributed by atoms with Gasteiger partial charge in [-0.3, -0.25) is 4.79 Å². The Labute approximate surface area is 225 Å². The number of ether oxygens (including phenoxy) is 2. The maximum Gasteiger partial charge on any atom is 0.229 e. The summed E-state index contributed by atoms with van der Waals surface area (Å²) in [6.45, 7) is 1.43. The van der Waals surface area contributed by atoms with E-state index in [1.165, 1.54) is 24.7 Å². The molecule has 3 heterocycles. The number of carbonyl (C=O) groups is 1. The lowest BCUT2D eigenvalue weighted by molar-refractivity contribution is -0.117. The largest absolute Gasteiger partial charge is 0.491 e. The van der Waals surface area contributed by atoms with E-state index >= 15 is 0 Å². The van der Waals surface area contributed by atoms with Crippen LogP contribution in [0.3, 0.4) is 0 Å². The lowest BCUT2D eigenvalue weighted by Gasteiger charge is -2.12. The van der Waals surface area contributed by atoms with E-state index in [9.17, 15) is 4.79 Å². The molecule has 4 aromatic rings. The summed E-state index contributed by atoms with van der Waals surface area (Å²) in [5.41, 5.74) is 4.14. The second-order valence-corrected chi connectivity index (χ2v) is 10.3. The molecule has 9 nitrogen and oxygen atoms in total. The van der Waals surface area contributed by atoms with Crippen LogP contribution >= 0.6 is 11.6 Å². The molecule has 6 rings (SSSR count). The maximum atomic E-state index is 13.0. The number of anilines is 2. The zero-order valence-corrected chi connectivity index (χ0v) is 21.8. The fraction of sp³-hybridized carbons (Fsp3) is 0.357. The third-order valence-corrected chi connectivity index (χ3v) is 7.22. The van der Waals surface area contributed by atoms with Gasteiger partial charge in [0.25, 0.3) is 0 Å². The van der Waals surface area contributed by atoms with Crippen LogP contribution in [0, 0.1) is 5.92 Å². The highest BCUT2D eigenvalue weighted by Crippen LogP contribution is 2.51. The molecule has 0 saturated heterocycles. The van der Waals surface area contributed by atoms with Gasteiger partial charge in [-0.05, 0) is 66.5 Å². The molecule has 2 fully saturated rings. The maximum absolute atomic E-state index is 13.0. The third-order valence-electron chi connectivity index (χ3n) is 6.99. The molecule has 2 aliphatic rings. The fourth-order valence-electron chi connectivity index (χ4n) is 4.73. The number of methoxy groups -OCH3 is 1. The Bertz CT molecular complexity index is 1470. The molecule has 0 spiro atoms. The summed E-state index contributed by atoms with van der Waals surface area (Å²) < 4.78 is 13.0. The molecule has 10 heteroatoms. The predicted octanol–water partition coefficient (Wildman–Crippen LogP) is 5.03. The summed E-state index contributed by atoms with van der Waals surface area (Å²) in [7, 11) is 1.63. The Morgan fingerprint density at radius 2 is 1.97 bits per heavy atom. The Hall–Kier alpha value is -3.69. The van der Waals surface area contributed by atoms with Crippen LogP contribution in [0.5, 0.6) is 5.75 Å². The van der Waals surface area contributed by atoms with Gasteiger partial charge in [0.2, 0.25) is 5.91 Å². The van der Waals surface area contributed by atoms with Crippen molar-refractivity contribution in [2.24, 2.45) is 5.92 Å². The van der Waals surface area contributed by atoms with Crippen molar-refractivity contribution in [2.75, 3.05) is 31.0 Å². The van der Waals surface area contributed by atoms with E-state index in [2.05, 4.69) is 48.3 Å². The van der Waals surface area contributed by atoms with Gasteiger partial charge in [-0.2, -0.15) is 0 Å². The number of nitrogens with one attached hydrogen (secondary N) is 2. The topological polar surface area (TPSA) is 103 Å². The van der Waals surface area contributed by atoms with Gasteiger partial charge in [-0.25, -0.2) is 15.0 Å². The SMILES string of the molecule is COCCOc1ccc(Cl)cc1C1CC1C(=O)Nc1cc(NCc2cn3cc(C4CC4)ccc3n2)ncn1. The summed E-state index contributed by atoms with van der Waals surface area (Å²) in [6, 6.07) is 11.5. The number of imidazole rings is 1. The molecule has 2 N–H and O–H groups in total. The van der Waals surface area contributed by atoms with Crippen LogP contribution in [0.15, 0.2) is 55.1 Å². The molecule has 38 heavy (non-hydrogen) atoms. The number of fused-ring (bicyclic) bond motifs is 1. The van der Waals surface area contributed by atoms with E-state index in [0.29, 0.717) is 42.3 Å². The minimum absolute atomic E-state index is 0.0427. The molecule has 0 bridgehead atoms. The van der Waals surface area contributed by atoms with E-state index < -0.39 is 0 Å². The molecular formula is C28H29ClN6O3. The second-order valence-electron chi connectivity index (χ2n) is 9.84. The average Bonchev–Trinajstić information content (AvgIpc) is 3.85. The number of carbonyl (C=O) groups excluding carboxylic acids is 1. The Morgan fingerprint density at radius 1 is 1.11 bits per heavy atom. The van der Waals surface area contributed by atoms with Crippen molar-refractivity contribution in [3.8, 4) is 5.75 Å². The number of hydrogen-bond donors (Lipinski definition) is 2. The van der Waals surface area contributed by atoms with Crippen LogP contribution in [0.2, 0.25) is 5.02 Å². The molecule has 3 aromatic heterocycles. The van der Waals surface area contributed by atoms with Crippen molar-refractivity contribution < 1.29 is 14.3 Å². The normalized spacial score (nSPS) is 18.4. The van der Waals surface area contributed by atoms with Crippen LogP contribution in [0.4, 0.5) is 11.6 Å². The van der Waals surface area contributed by atoms with Crippen LogP contribution in [0.1, 0.15) is 47.9 Å². The Kier molecular flexibility index (Phi) is 6.86. The van der Waals surface area contributed by atoms with Crippen LogP contribution in [-0.2, 0) is 16.1 Å². The number of halogens is 1. The molecule has 2 saturated carbocycles. The molecule has 0 radical (unpaired) electrons. The molecule has 2 aliphatic carbocycles. The third kappa shape index (κ3) is 5.58. The highest BCUT2D eigenvalue weighted by Gasteiger charge is 2.45. The quantitative estimate of drug-likeness (QED) is 0.261. The zero-order valence-electron chi connectivity index (χ0n) is 21.1. The summed E-state index contributed by atoms with van der Waals surface area (Å²) in [4.78, 5) is 26.2. The molecule has 1 amide bonds. The summed E-state index contributed by atoms with van der Waals surface area (Å²) in [5, 5.41) is 6.83. The van der Waals surface area contributed by atoms with Gasteiger partial charge < -0.3 is 24.5 Å². The number of hydrogen-bond acceptors (Lipinski definition) is 7. The molecule has 1 aromatic carbocycles. The van der Waals surface area contributed by atoms with Crippen LogP contribution in [-0.4, -0.2) is 45.6 Å². The second kappa shape index (κ2) is 10.6. The first-order valence-electron chi connectivity index (χ1n) is 12.8. The number of benzene rings is 1. The van der Waals surface area contributed by atoms with Gasteiger partial charge in [-0.1, -0.05) is 17.7 Å². The van der Waals surface area contributed by atoms with Gasteiger partial charge >= 0.3 is 0 Å². The van der Waals surface area contributed by atoms with Crippen molar-refractivity contribution in [2.45, 2.75) is 37.6 Å². The monoisotopic (exact) mass is 532 g/mol. The standard InChI is InChI=1S/C28H29ClN6O3/c1-37-8-9-38-24-6-5-19(29)10-22(24)21-11-23(21)28(36)34-26-12-25(31-16-32-26)30-13-20-15-35-14-18(17-2-3-17)4-7-27(35)33-20/h4-7,10,12,14-17,21,23H,2-3,8-9,11,13H2,1H3,(H2,30,31,32,34,36). The van der Waals surface area contributed by atoms with Crippen molar-refractivity contribution in [3.05, 3.63) is 77.0 Å². The van der Waals surface area contributed by atoms with Crippen molar-refractivity contribution >= 4 is 34.8 Å². The number of pyridine rings is 1.